The normalized spacial score (nSPS) is 16.1. The number of piperidine rings is 1. The molecule has 1 aliphatic rings. The van der Waals surface area contributed by atoms with Gasteiger partial charge in [0.1, 0.15) is 5.82 Å². The van der Waals surface area contributed by atoms with Crippen LogP contribution in [0.15, 0.2) is 24.3 Å². The van der Waals surface area contributed by atoms with Gasteiger partial charge in [-0.2, -0.15) is 0 Å². The number of halogens is 2. The molecular weight excluding hydrogens is 251 g/mol. The van der Waals surface area contributed by atoms with Crippen molar-refractivity contribution in [3.05, 3.63) is 30.1 Å². The molecule has 0 saturated carbocycles. The van der Waals surface area contributed by atoms with Crippen LogP contribution in [-0.4, -0.2) is 26.2 Å². The highest BCUT2D eigenvalue weighted by atomic mass is 35.5. The smallest absolute Gasteiger partial charge is 0.123 e. The van der Waals surface area contributed by atoms with Gasteiger partial charge in [-0.3, -0.25) is 0 Å². The minimum Gasteiger partial charge on any atom is -0.372 e. The second kappa shape index (κ2) is 7.59. The molecule has 2 rings (SSSR count). The first-order valence-electron chi connectivity index (χ1n) is 6.51. The highest BCUT2D eigenvalue weighted by Gasteiger charge is 2.16. The van der Waals surface area contributed by atoms with E-state index < -0.39 is 0 Å². The molecule has 0 bridgehead atoms. The second-order valence-corrected chi connectivity index (χ2v) is 4.71. The Hall–Kier alpha value is -0.800. The summed E-state index contributed by atoms with van der Waals surface area (Å²) in [4.78, 5) is 2.34. The maximum Gasteiger partial charge on any atom is 0.123 e. The van der Waals surface area contributed by atoms with E-state index in [9.17, 15) is 4.39 Å². The first-order valence-corrected chi connectivity index (χ1v) is 6.51. The Morgan fingerprint density at radius 1 is 1.22 bits per heavy atom. The van der Waals surface area contributed by atoms with Crippen LogP contribution in [0.1, 0.15) is 19.8 Å². The van der Waals surface area contributed by atoms with Gasteiger partial charge in [-0.05, 0) is 63.0 Å². The Labute approximate surface area is 115 Å². The van der Waals surface area contributed by atoms with E-state index in [-0.39, 0.29) is 18.2 Å². The Balaban J connectivity index is 0.00000162. The average molecular weight is 273 g/mol. The summed E-state index contributed by atoms with van der Waals surface area (Å²) in [5.74, 6) is 0.605. The molecule has 0 radical (unpaired) electrons. The van der Waals surface area contributed by atoms with E-state index in [1.54, 1.807) is 12.1 Å². The van der Waals surface area contributed by atoms with E-state index in [0.717, 1.165) is 37.8 Å². The number of hydrogen-bond acceptors (Lipinski definition) is 2. The van der Waals surface area contributed by atoms with Crippen LogP contribution in [0.2, 0.25) is 0 Å². The topological polar surface area (TPSA) is 15.3 Å². The zero-order valence-electron chi connectivity index (χ0n) is 10.9. The second-order valence-electron chi connectivity index (χ2n) is 4.71. The van der Waals surface area contributed by atoms with Crippen molar-refractivity contribution in [3.8, 4) is 0 Å². The molecule has 0 unspecified atom stereocenters. The van der Waals surface area contributed by atoms with Crippen LogP contribution in [0.5, 0.6) is 0 Å². The Morgan fingerprint density at radius 3 is 2.39 bits per heavy atom. The van der Waals surface area contributed by atoms with E-state index in [1.165, 1.54) is 12.8 Å². The summed E-state index contributed by atoms with van der Waals surface area (Å²) in [7, 11) is 0. The molecule has 0 amide bonds. The van der Waals surface area contributed by atoms with Gasteiger partial charge in [0.05, 0.1) is 0 Å². The monoisotopic (exact) mass is 272 g/mol. The van der Waals surface area contributed by atoms with Crippen molar-refractivity contribution in [1.82, 2.24) is 5.32 Å². The van der Waals surface area contributed by atoms with E-state index in [2.05, 4.69) is 17.1 Å². The zero-order chi connectivity index (χ0) is 12.1. The molecule has 1 N–H and O–H groups in total. The maximum absolute atomic E-state index is 12.9. The fourth-order valence-corrected chi connectivity index (χ4v) is 2.44. The van der Waals surface area contributed by atoms with Gasteiger partial charge in [0.25, 0.3) is 0 Å². The molecule has 0 spiro atoms. The van der Waals surface area contributed by atoms with Gasteiger partial charge in [0.2, 0.25) is 0 Å². The number of rotatable bonds is 4. The third kappa shape index (κ3) is 4.14. The van der Waals surface area contributed by atoms with Crippen LogP contribution in [0.4, 0.5) is 10.1 Å². The van der Waals surface area contributed by atoms with E-state index >= 15 is 0 Å². The van der Waals surface area contributed by atoms with Gasteiger partial charge < -0.3 is 10.2 Å². The predicted molar refractivity (Wildman–Crippen MR) is 77.1 cm³/mol. The van der Waals surface area contributed by atoms with Gasteiger partial charge in [-0.15, -0.1) is 12.4 Å². The predicted octanol–water partition coefficient (Wildman–Crippen LogP) is 3.07. The lowest BCUT2D eigenvalue weighted by atomic mass is 9.97. The summed E-state index contributed by atoms with van der Waals surface area (Å²) in [6.07, 6.45) is 2.50. The van der Waals surface area contributed by atoms with Crippen molar-refractivity contribution in [2.24, 2.45) is 5.92 Å². The summed E-state index contributed by atoms with van der Waals surface area (Å²) in [5, 5.41) is 3.39. The highest BCUT2D eigenvalue weighted by molar-refractivity contribution is 5.85. The Morgan fingerprint density at radius 2 is 1.83 bits per heavy atom. The average Bonchev–Trinajstić information content (AvgIpc) is 2.38. The SMILES string of the molecule is CCN(CC1CCNCC1)c1ccc(F)cc1.Cl. The summed E-state index contributed by atoms with van der Waals surface area (Å²) in [6.45, 7) is 6.49. The summed E-state index contributed by atoms with van der Waals surface area (Å²) >= 11 is 0. The number of benzene rings is 1. The van der Waals surface area contributed by atoms with Crippen molar-refractivity contribution >= 4 is 18.1 Å². The lowest BCUT2D eigenvalue weighted by molar-refractivity contribution is 0.374. The molecule has 1 aromatic carbocycles. The third-order valence-corrected chi connectivity index (χ3v) is 3.51. The first-order chi connectivity index (χ1) is 8.29. The van der Waals surface area contributed by atoms with Gasteiger partial charge in [0.15, 0.2) is 0 Å². The number of nitrogens with one attached hydrogen (secondary N) is 1. The highest BCUT2D eigenvalue weighted by Crippen LogP contribution is 2.19. The van der Waals surface area contributed by atoms with Gasteiger partial charge in [-0.1, -0.05) is 0 Å². The number of nitrogens with zero attached hydrogens (tertiary/aromatic N) is 1. The van der Waals surface area contributed by atoms with Crippen LogP contribution in [-0.2, 0) is 0 Å². The van der Waals surface area contributed by atoms with E-state index in [1.807, 2.05) is 12.1 Å². The molecule has 102 valence electrons. The van der Waals surface area contributed by atoms with Crippen LogP contribution >= 0.6 is 12.4 Å². The van der Waals surface area contributed by atoms with Crippen LogP contribution in [0, 0.1) is 11.7 Å². The molecule has 2 nitrogen and oxygen atoms in total. The molecule has 0 atom stereocenters. The van der Waals surface area contributed by atoms with Gasteiger partial charge in [-0.25, -0.2) is 4.39 Å². The van der Waals surface area contributed by atoms with Crippen molar-refractivity contribution in [1.29, 1.82) is 0 Å². The molecule has 4 heteroatoms. The third-order valence-electron chi connectivity index (χ3n) is 3.51. The molecule has 1 aromatic rings. The standard InChI is InChI=1S/C14H21FN2.ClH/c1-2-17(11-12-7-9-16-10-8-12)14-5-3-13(15)4-6-14;/h3-6,12,16H,2,7-11H2,1H3;1H. The van der Waals surface area contributed by atoms with Crippen molar-refractivity contribution < 1.29 is 4.39 Å². The van der Waals surface area contributed by atoms with Crippen LogP contribution < -0.4 is 10.2 Å². The largest absolute Gasteiger partial charge is 0.372 e. The number of anilines is 1. The Bertz CT molecular complexity index is 336. The lowest BCUT2D eigenvalue weighted by Gasteiger charge is -2.30. The van der Waals surface area contributed by atoms with Crippen molar-refractivity contribution in [3.63, 3.8) is 0 Å². The molecular formula is C14H22ClFN2. The molecule has 0 aromatic heterocycles. The molecule has 1 heterocycles. The summed E-state index contributed by atoms with van der Waals surface area (Å²) in [5.41, 5.74) is 1.13. The molecule has 1 fully saturated rings. The Kier molecular flexibility index (Phi) is 6.44. The van der Waals surface area contributed by atoms with Gasteiger partial charge >= 0.3 is 0 Å². The minimum atomic E-state index is -0.160. The minimum absolute atomic E-state index is 0. The van der Waals surface area contributed by atoms with E-state index in [4.69, 9.17) is 0 Å². The number of hydrogen-bond donors (Lipinski definition) is 1. The van der Waals surface area contributed by atoms with Gasteiger partial charge in [0, 0.05) is 18.8 Å². The molecule has 1 saturated heterocycles. The zero-order valence-corrected chi connectivity index (χ0v) is 11.7. The molecule has 18 heavy (non-hydrogen) atoms. The fraction of sp³-hybridized carbons (Fsp3) is 0.571. The first kappa shape index (κ1) is 15.3. The molecule has 1 aliphatic heterocycles. The quantitative estimate of drug-likeness (QED) is 0.906. The summed E-state index contributed by atoms with van der Waals surface area (Å²) in [6, 6.07) is 6.83. The van der Waals surface area contributed by atoms with E-state index in [0.29, 0.717) is 0 Å². The van der Waals surface area contributed by atoms with Crippen LogP contribution in [0.25, 0.3) is 0 Å². The van der Waals surface area contributed by atoms with Crippen molar-refractivity contribution in [2.45, 2.75) is 19.8 Å². The maximum atomic E-state index is 12.9. The summed E-state index contributed by atoms with van der Waals surface area (Å²) < 4.78 is 12.9. The fourth-order valence-electron chi connectivity index (χ4n) is 2.44. The van der Waals surface area contributed by atoms with Crippen molar-refractivity contribution in [2.75, 3.05) is 31.1 Å². The molecule has 0 aliphatic carbocycles. The lowest BCUT2D eigenvalue weighted by Crippen LogP contribution is -2.36. The van der Waals surface area contributed by atoms with Crippen LogP contribution in [0.3, 0.4) is 0 Å².